The molecule has 2 unspecified atom stereocenters. The molecule has 1 aromatic rings. The van der Waals surface area contributed by atoms with Gasteiger partial charge in [-0.05, 0) is 81.5 Å². The van der Waals surface area contributed by atoms with Crippen LogP contribution < -0.4 is 0 Å². The van der Waals surface area contributed by atoms with Gasteiger partial charge in [0.05, 0.1) is 0 Å². The van der Waals surface area contributed by atoms with Crippen molar-refractivity contribution in [3.63, 3.8) is 0 Å². The summed E-state index contributed by atoms with van der Waals surface area (Å²) < 4.78 is 0. The SMILES string of the molecule is C=C(C)C1CCC(C)=CC1c1c(CN(CC)C(=O)O)cc(CCCCC)cc1CN(CC)C(=O)O. The van der Waals surface area contributed by atoms with Crippen molar-refractivity contribution < 1.29 is 19.8 Å². The molecular formula is C29H44N2O4. The third-order valence-electron chi connectivity index (χ3n) is 7.22. The van der Waals surface area contributed by atoms with Crippen LogP contribution in [-0.2, 0) is 19.5 Å². The summed E-state index contributed by atoms with van der Waals surface area (Å²) in [4.78, 5) is 26.8. The Morgan fingerprint density at radius 3 is 1.97 bits per heavy atom. The Hall–Kier alpha value is -2.76. The van der Waals surface area contributed by atoms with E-state index in [4.69, 9.17) is 0 Å². The van der Waals surface area contributed by atoms with Gasteiger partial charge in [-0.2, -0.15) is 0 Å². The second kappa shape index (κ2) is 13.4. The van der Waals surface area contributed by atoms with Gasteiger partial charge in [0.1, 0.15) is 0 Å². The van der Waals surface area contributed by atoms with Gasteiger partial charge in [-0.1, -0.05) is 55.7 Å². The number of rotatable bonds is 12. The summed E-state index contributed by atoms with van der Waals surface area (Å²) >= 11 is 0. The molecule has 0 aromatic heterocycles. The van der Waals surface area contributed by atoms with Gasteiger partial charge in [0.2, 0.25) is 0 Å². The molecule has 2 amide bonds. The number of hydrogen-bond acceptors (Lipinski definition) is 2. The molecule has 2 atom stereocenters. The fourth-order valence-electron chi connectivity index (χ4n) is 5.21. The summed E-state index contributed by atoms with van der Waals surface area (Å²) in [6.07, 6.45) is 6.63. The molecule has 0 radical (unpaired) electrons. The Morgan fingerprint density at radius 1 is 1.00 bits per heavy atom. The molecule has 0 aliphatic heterocycles. The van der Waals surface area contributed by atoms with Gasteiger partial charge in [-0.25, -0.2) is 9.59 Å². The van der Waals surface area contributed by atoms with E-state index in [1.165, 1.54) is 15.4 Å². The summed E-state index contributed by atoms with van der Waals surface area (Å²) in [6, 6.07) is 4.34. The number of unbranched alkanes of at least 4 members (excludes halogenated alkanes) is 2. The standard InChI is InChI=1S/C29H44N2O4/c1-7-10-11-12-22-16-23(18-30(8-2)28(32)33)27(24(17-22)19-31(9-3)29(34)35)26-15-21(6)13-14-25(26)20(4)5/h15-17,25-26H,4,7-14,18-19H2,1-3,5-6H3,(H,32,33)(H,34,35). The van der Waals surface area contributed by atoms with E-state index in [9.17, 15) is 19.8 Å². The number of amides is 2. The van der Waals surface area contributed by atoms with Crippen molar-refractivity contribution in [1.29, 1.82) is 0 Å². The predicted octanol–water partition coefficient (Wildman–Crippen LogP) is 7.44. The van der Waals surface area contributed by atoms with Crippen molar-refractivity contribution >= 4 is 12.2 Å². The molecule has 1 aliphatic rings. The third kappa shape index (κ3) is 7.61. The summed E-state index contributed by atoms with van der Waals surface area (Å²) in [5.74, 6) is 0.290. The molecule has 6 nitrogen and oxygen atoms in total. The van der Waals surface area contributed by atoms with Crippen molar-refractivity contribution in [2.45, 2.75) is 92.2 Å². The average molecular weight is 485 g/mol. The molecule has 6 heteroatoms. The number of aryl methyl sites for hydroxylation is 1. The quantitative estimate of drug-likeness (QED) is 0.239. The van der Waals surface area contributed by atoms with Gasteiger partial charge < -0.3 is 20.0 Å². The summed E-state index contributed by atoms with van der Waals surface area (Å²) in [7, 11) is 0. The van der Waals surface area contributed by atoms with Gasteiger partial charge in [0.25, 0.3) is 0 Å². The van der Waals surface area contributed by atoms with Crippen molar-refractivity contribution in [1.82, 2.24) is 9.80 Å². The molecule has 0 saturated carbocycles. The summed E-state index contributed by atoms with van der Waals surface area (Å²) in [5.41, 5.74) is 6.63. The number of benzene rings is 1. The minimum Gasteiger partial charge on any atom is -0.465 e. The molecule has 35 heavy (non-hydrogen) atoms. The minimum atomic E-state index is -0.941. The molecule has 1 aromatic carbocycles. The first-order chi connectivity index (χ1) is 16.6. The average Bonchev–Trinajstić information content (AvgIpc) is 2.80. The number of carboxylic acid groups (broad SMARTS) is 2. The monoisotopic (exact) mass is 484 g/mol. The zero-order chi connectivity index (χ0) is 26.1. The number of allylic oxidation sites excluding steroid dienone is 3. The first-order valence-corrected chi connectivity index (χ1v) is 13.1. The Labute approximate surface area is 211 Å². The minimum absolute atomic E-state index is 0.0518. The van der Waals surface area contributed by atoms with E-state index >= 15 is 0 Å². The molecule has 0 bridgehead atoms. The van der Waals surface area contributed by atoms with E-state index < -0.39 is 12.2 Å². The predicted molar refractivity (Wildman–Crippen MR) is 142 cm³/mol. The van der Waals surface area contributed by atoms with Gasteiger partial charge in [0, 0.05) is 32.1 Å². The molecule has 0 fully saturated rings. The van der Waals surface area contributed by atoms with Crippen LogP contribution in [0, 0.1) is 5.92 Å². The van der Waals surface area contributed by atoms with Gasteiger partial charge in [-0.15, -0.1) is 0 Å². The van der Waals surface area contributed by atoms with E-state index in [1.807, 2.05) is 13.8 Å². The second-order valence-corrected chi connectivity index (χ2v) is 9.91. The van der Waals surface area contributed by atoms with Crippen LogP contribution in [0.2, 0.25) is 0 Å². The lowest BCUT2D eigenvalue weighted by molar-refractivity contribution is 0.144. The molecule has 0 heterocycles. The van der Waals surface area contributed by atoms with E-state index in [0.717, 1.165) is 66.4 Å². The van der Waals surface area contributed by atoms with Gasteiger partial charge in [0.15, 0.2) is 0 Å². The van der Waals surface area contributed by atoms with E-state index in [1.54, 1.807) is 0 Å². The maximum Gasteiger partial charge on any atom is 0.407 e. The van der Waals surface area contributed by atoms with Crippen molar-refractivity contribution in [3.8, 4) is 0 Å². The van der Waals surface area contributed by atoms with Crippen molar-refractivity contribution in [2.75, 3.05) is 13.1 Å². The smallest absolute Gasteiger partial charge is 0.407 e. The fourth-order valence-corrected chi connectivity index (χ4v) is 5.21. The van der Waals surface area contributed by atoms with Crippen molar-refractivity contribution in [2.24, 2.45) is 5.92 Å². The molecule has 1 aliphatic carbocycles. The van der Waals surface area contributed by atoms with Crippen LogP contribution in [0.4, 0.5) is 9.59 Å². The first-order valence-electron chi connectivity index (χ1n) is 13.1. The fraction of sp³-hybridized carbons (Fsp3) is 0.586. The maximum absolute atomic E-state index is 12.0. The van der Waals surface area contributed by atoms with E-state index in [0.29, 0.717) is 26.2 Å². The Bertz CT molecular complexity index is 892. The Kier molecular flexibility index (Phi) is 10.9. The highest BCUT2D eigenvalue weighted by atomic mass is 16.4. The highest BCUT2D eigenvalue weighted by Gasteiger charge is 2.31. The lowest BCUT2D eigenvalue weighted by Gasteiger charge is -2.35. The molecule has 194 valence electrons. The highest BCUT2D eigenvalue weighted by Crippen LogP contribution is 2.43. The zero-order valence-corrected chi connectivity index (χ0v) is 22.3. The van der Waals surface area contributed by atoms with E-state index in [-0.39, 0.29) is 11.8 Å². The summed E-state index contributed by atoms with van der Waals surface area (Å²) in [6.45, 7) is 15.7. The topological polar surface area (TPSA) is 81.1 Å². The molecule has 2 N–H and O–H groups in total. The normalized spacial score (nSPS) is 17.6. The highest BCUT2D eigenvalue weighted by molar-refractivity contribution is 5.66. The zero-order valence-electron chi connectivity index (χ0n) is 22.3. The third-order valence-corrected chi connectivity index (χ3v) is 7.22. The van der Waals surface area contributed by atoms with Gasteiger partial charge >= 0.3 is 12.2 Å². The van der Waals surface area contributed by atoms with Crippen LogP contribution in [-0.4, -0.2) is 45.3 Å². The van der Waals surface area contributed by atoms with Crippen LogP contribution in [0.25, 0.3) is 0 Å². The van der Waals surface area contributed by atoms with Crippen molar-refractivity contribution in [3.05, 3.63) is 58.2 Å². The van der Waals surface area contributed by atoms with Gasteiger partial charge in [-0.3, -0.25) is 0 Å². The lowest BCUT2D eigenvalue weighted by Crippen LogP contribution is -2.32. The number of nitrogens with zero attached hydrogens (tertiary/aromatic N) is 2. The Balaban J connectivity index is 2.76. The van der Waals surface area contributed by atoms with Crippen LogP contribution in [0.1, 0.15) is 94.9 Å². The molecule has 0 saturated heterocycles. The summed E-state index contributed by atoms with van der Waals surface area (Å²) in [5, 5.41) is 19.6. The largest absolute Gasteiger partial charge is 0.465 e. The first kappa shape index (κ1) is 28.5. The van der Waals surface area contributed by atoms with E-state index in [2.05, 4.69) is 45.6 Å². The maximum atomic E-state index is 12.0. The number of carbonyl (C=O) groups is 2. The van der Waals surface area contributed by atoms with Crippen LogP contribution in [0.15, 0.2) is 35.9 Å². The second-order valence-electron chi connectivity index (χ2n) is 9.91. The van der Waals surface area contributed by atoms with Crippen LogP contribution in [0.3, 0.4) is 0 Å². The van der Waals surface area contributed by atoms with Crippen LogP contribution in [0.5, 0.6) is 0 Å². The Morgan fingerprint density at radius 2 is 1.54 bits per heavy atom. The molecular weight excluding hydrogens is 440 g/mol. The number of hydrogen-bond donors (Lipinski definition) is 2. The lowest BCUT2D eigenvalue weighted by atomic mass is 9.71. The van der Waals surface area contributed by atoms with Crippen LogP contribution >= 0.6 is 0 Å². The molecule has 2 rings (SSSR count). The molecule has 0 spiro atoms.